The van der Waals surface area contributed by atoms with E-state index in [4.69, 9.17) is 9.47 Å². The SMILES string of the molecule is CCCn1c(=O)c2c(nc(-c3cnn(Cc4cccc(C(F)(F)F)c4)c3)n2C(=O)OCOC(=O)C2CCCCC2)n(CC)c1=O. The van der Waals surface area contributed by atoms with Crippen LogP contribution in [0.1, 0.15) is 63.5 Å². The van der Waals surface area contributed by atoms with Crippen LogP contribution in [0.2, 0.25) is 0 Å². The molecule has 0 spiro atoms. The molecule has 1 aliphatic carbocycles. The number of rotatable bonds is 9. The number of hydrogen-bond acceptors (Lipinski definition) is 8. The van der Waals surface area contributed by atoms with Gasteiger partial charge in [0, 0.05) is 19.3 Å². The van der Waals surface area contributed by atoms with E-state index in [0.717, 1.165) is 40.5 Å². The van der Waals surface area contributed by atoms with Crippen LogP contribution in [0.5, 0.6) is 0 Å². The topological polar surface area (TPSA) is 132 Å². The lowest BCUT2D eigenvalue weighted by atomic mass is 9.89. The third kappa shape index (κ3) is 6.56. The Bertz CT molecular complexity index is 1830. The van der Waals surface area contributed by atoms with E-state index < -0.39 is 41.8 Å². The van der Waals surface area contributed by atoms with Gasteiger partial charge in [0.2, 0.25) is 6.79 Å². The third-order valence-electron chi connectivity index (χ3n) is 7.78. The van der Waals surface area contributed by atoms with E-state index >= 15 is 0 Å². The summed E-state index contributed by atoms with van der Waals surface area (Å²) in [5.74, 6) is -0.832. The molecule has 0 N–H and O–H groups in total. The summed E-state index contributed by atoms with van der Waals surface area (Å²) in [6.07, 6.45) is 1.92. The molecule has 240 valence electrons. The Hall–Kier alpha value is -4.69. The molecule has 1 saturated carbocycles. The highest BCUT2D eigenvalue weighted by Gasteiger charge is 2.31. The number of ether oxygens (including phenoxy) is 2. The molecule has 1 fully saturated rings. The maximum Gasteiger partial charge on any atom is 0.423 e. The van der Waals surface area contributed by atoms with Gasteiger partial charge in [0.05, 0.1) is 29.8 Å². The number of alkyl halides is 3. The second-order valence-electron chi connectivity index (χ2n) is 10.9. The average Bonchev–Trinajstić information content (AvgIpc) is 3.65. The Kier molecular flexibility index (Phi) is 9.25. The second kappa shape index (κ2) is 13.1. The van der Waals surface area contributed by atoms with Gasteiger partial charge in [-0.3, -0.25) is 23.4 Å². The molecule has 45 heavy (non-hydrogen) atoms. The van der Waals surface area contributed by atoms with Crippen molar-refractivity contribution in [1.29, 1.82) is 0 Å². The van der Waals surface area contributed by atoms with Gasteiger partial charge in [-0.1, -0.05) is 38.3 Å². The van der Waals surface area contributed by atoms with Gasteiger partial charge < -0.3 is 9.47 Å². The molecular formula is C30H33F3N6O6. The minimum Gasteiger partial charge on any atom is -0.428 e. The number of hydrogen-bond donors (Lipinski definition) is 0. The highest BCUT2D eigenvalue weighted by molar-refractivity contribution is 5.90. The molecule has 5 rings (SSSR count). The van der Waals surface area contributed by atoms with Crippen LogP contribution in [0.25, 0.3) is 22.6 Å². The number of aromatic nitrogens is 6. The normalized spacial score (nSPS) is 14.2. The summed E-state index contributed by atoms with van der Waals surface area (Å²) in [6, 6.07) is 4.80. The highest BCUT2D eigenvalue weighted by atomic mass is 19.4. The Morgan fingerprint density at radius 1 is 1.04 bits per heavy atom. The van der Waals surface area contributed by atoms with E-state index in [2.05, 4.69) is 10.1 Å². The standard InChI is InChI=1S/C30H33F3N6O6/c1-3-13-38-26(40)23-25(37(4-2)28(38)42)35-24(39(23)29(43)45-18-44-27(41)20-10-6-5-7-11-20)21-15-34-36(17-21)16-19-9-8-12-22(14-19)30(31,32)33/h8-9,12,14-15,17,20H,3-7,10-11,13,16,18H2,1-2H3. The molecule has 0 unspecified atom stereocenters. The summed E-state index contributed by atoms with van der Waals surface area (Å²) in [6.45, 7) is 2.99. The van der Waals surface area contributed by atoms with Crippen molar-refractivity contribution in [3.05, 3.63) is 68.6 Å². The van der Waals surface area contributed by atoms with E-state index in [9.17, 15) is 32.3 Å². The van der Waals surface area contributed by atoms with Crippen LogP contribution in [0, 0.1) is 5.92 Å². The van der Waals surface area contributed by atoms with Gasteiger partial charge in [0.15, 0.2) is 17.0 Å². The number of nitrogens with zero attached hydrogens (tertiary/aromatic N) is 6. The summed E-state index contributed by atoms with van der Waals surface area (Å²) in [4.78, 5) is 57.3. The summed E-state index contributed by atoms with van der Waals surface area (Å²) in [5.41, 5.74) is -1.87. The van der Waals surface area contributed by atoms with Crippen LogP contribution < -0.4 is 11.2 Å². The summed E-state index contributed by atoms with van der Waals surface area (Å²) >= 11 is 0. The predicted octanol–water partition coefficient (Wildman–Crippen LogP) is 4.79. The molecule has 0 amide bonds. The number of imidazole rings is 1. The maximum absolute atomic E-state index is 13.6. The van der Waals surface area contributed by atoms with Gasteiger partial charge in [-0.2, -0.15) is 18.3 Å². The van der Waals surface area contributed by atoms with E-state index in [-0.39, 0.29) is 48.1 Å². The fraction of sp³-hybridized carbons (Fsp3) is 0.467. The zero-order chi connectivity index (χ0) is 32.3. The van der Waals surface area contributed by atoms with Gasteiger partial charge in [0.25, 0.3) is 5.56 Å². The monoisotopic (exact) mass is 630 g/mol. The van der Waals surface area contributed by atoms with Crippen LogP contribution in [-0.2, 0) is 40.1 Å². The minimum absolute atomic E-state index is 0.0330. The average molecular weight is 631 g/mol. The lowest BCUT2D eigenvalue weighted by Crippen LogP contribution is -2.40. The van der Waals surface area contributed by atoms with Crippen LogP contribution in [0.3, 0.4) is 0 Å². The van der Waals surface area contributed by atoms with Gasteiger partial charge >= 0.3 is 23.9 Å². The molecule has 0 radical (unpaired) electrons. The first-order valence-electron chi connectivity index (χ1n) is 14.8. The van der Waals surface area contributed by atoms with Crippen molar-refractivity contribution in [3.8, 4) is 11.4 Å². The smallest absolute Gasteiger partial charge is 0.423 e. The largest absolute Gasteiger partial charge is 0.428 e. The number of benzene rings is 1. The van der Waals surface area contributed by atoms with Crippen LogP contribution >= 0.6 is 0 Å². The fourth-order valence-corrected chi connectivity index (χ4v) is 5.57. The van der Waals surface area contributed by atoms with Crippen molar-refractivity contribution in [2.75, 3.05) is 6.79 Å². The van der Waals surface area contributed by atoms with Gasteiger partial charge in [-0.05, 0) is 43.9 Å². The van der Waals surface area contributed by atoms with Crippen molar-refractivity contribution in [1.82, 2.24) is 28.5 Å². The quantitative estimate of drug-likeness (QED) is 0.191. The van der Waals surface area contributed by atoms with Crippen LogP contribution in [-0.4, -0.2) is 47.3 Å². The lowest BCUT2D eigenvalue weighted by Gasteiger charge is -2.19. The minimum atomic E-state index is -4.51. The first-order chi connectivity index (χ1) is 21.5. The number of fused-ring (bicyclic) bond motifs is 1. The Morgan fingerprint density at radius 2 is 1.80 bits per heavy atom. The highest BCUT2D eigenvalue weighted by Crippen LogP contribution is 2.30. The molecule has 1 aliphatic rings. The Labute approximate surface area is 255 Å². The van der Waals surface area contributed by atoms with E-state index in [1.54, 1.807) is 13.8 Å². The van der Waals surface area contributed by atoms with E-state index in [0.29, 0.717) is 24.8 Å². The predicted molar refractivity (Wildman–Crippen MR) is 155 cm³/mol. The zero-order valence-corrected chi connectivity index (χ0v) is 24.9. The maximum atomic E-state index is 13.6. The number of aryl methyl sites for hydroxylation is 1. The van der Waals surface area contributed by atoms with E-state index in [1.165, 1.54) is 33.8 Å². The van der Waals surface area contributed by atoms with E-state index in [1.807, 2.05) is 0 Å². The number of esters is 1. The summed E-state index contributed by atoms with van der Waals surface area (Å²) < 4.78 is 54.7. The summed E-state index contributed by atoms with van der Waals surface area (Å²) in [7, 11) is 0. The first kappa shape index (κ1) is 31.7. The Balaban J connectivity index is 1.52. The molecule has 0 bridgehead atoms. The third-order valence-corrected chi connectivity index (χ3v) is 7.78. The van der Waals surface area contributed by atoms with Crippen LogP contribution in [0.15, 0.2) is 46.2 Å². The molecule has 0 saturated heterocycles. The van der Waals surface area contributed by atoms with Gasteiger partial charge in [0.1, 0.15) is 0 Å². The molecular weight excluding hydrogens is 597 g/mol. The van der Waals surface area contributed by atoms with Crippen molar-refractivity contribution in [2.45, 2.75) is 78.2 Å². The zero-order valence-electron chi connectivity index (χ0n) is 24.9. The molecule has 12 nitrogen and oxygen atoms in total. The lowest BCUT2D eigenvalue weighted by molar-refractivity contribution is -0.157. The molecule has 3 aromatic heterocycles. The molecule has 1 aromatic carbocycles. The van der Waals surface area contributed by atoms with Gasteiger partial charge in [-0.25, -0.2) is 19.1 Å². The summed E-state index contributed by atoms with van der Waals surface area (Å²) in [5, 5.41) is 4.23. The molecule has 0 atom stereocenters. The number of carbonyl (C=O) groups excluding carboxylic acids is 2. The van der Waals surface area contributed by atoms with Crippen LogP contribution in [0.4, 0.5) is 18.0 Å². The Morgan fingerprint density at radius 3 is 2.49 bits per heavy atom. The van der Waals surface area contributed by atoms with Crippen molar-refractivity contribution in [3.63, 3.8) is 0 Å². The van der Waals surface area contributed by atoms with Crippen molar-refractivity contribution >= 4 is 23.2 Å². The second-order valence-corrected chi connectivity index (χ2v) is 10.9. The van der Waals surface area contributed by atoms with Crippen molar-refractivity contribution < 1.29 is 32.2 Å². The van der Waals surface area contributed by atoms with Crippen molar-refractivity contribution in [2.24, 2.45) is 5.92 Å². The first-order valence-corrected chi connectivity index (χ1v) is 14.8. The molecule has 3 heterocycles. The molecule has 15 heteroatoms. The number of carbonyl (C=O) groups is 2. The van der Waals surface area contributed by atoms with Gasteiger partial charge in [-0.15, -0.1) is 0 Å². The number of halogens is 3. The fourth-order valence-electron chi connectivity index (χ4n) is 5.57. The molecule has 4 aromatic rings. The molecule has 0 aliphatic heterocycles.